The Morgan fingerprint density at radius 3 is 2.34 bits per heavy atom. The molecular weight excluding hydrogens is 442 g/mol. The number of rotatable bonds is 9. The van der Waals surface area contributed by atoms with Crippen LogP contribution in [0.15, 0.2) is 30.6 Å². The first-order chi connectivity index (χ1) is 16.8. The zero-order valence-electron chi connectivity index (χ0n) is 20.7. The summed E-state index contributed by atoms with van der Waals surface area (Å²) in [6.45, 7) is 7.88. The topological polar surface area (TPSA) is 118 Å². The fourth-order valence-electron chi connectivity index (χ4n) is 5.14. The Morgan fingerprint density at radius 2 is 1.80 bits per heavy atom. The van der Waals surface area contributed by atoms with Crippen LogP contribution in [0.4, 0.5) is 5.82 Å². The molecule has 35 heavy (non-hydrogen) atoms. The number of aromatic nitrogens is 5. The Bertz CT molecular complexity index is 1190. The van der Waals surface area contributed by atoms with Crippen molar-refractivity contribution in [3.63, 3.8) is 0 Å². The van der Waals surface area contributed by atoms with Crippen LogP contribution in [-0.4, -0.2) is 42.8 Å². The standard InChI is InChI=1S/C26H33N7O2/c1-14(2)33-20(11-12-28-33)25(34)30-24(23(17-5-6-17)18-7-8-18)26(35)29-21-10-9-19(13-27-21)22-15(3)31-32-16(22)4/h9-14,17-18,23-24H,5-8H2,1-4H3,(H,30,34)(H,31,32)(H,27,29,35)/t24-/m1/s1. The van der Waals surface area contributed by atoms with Gasteiger partial charge in [-0.15, -0.1) is 0 Å². The lowest BCUT2D eigenvalue weighted by atomic mass is 9.88. The van der Waals surface area contributed by atoms with Crippen molar-refractivity contribution in [2.75, 3.05) is 5.32 Å². The summed E-state index contributed by atoms with van der Waals surface area (Å²) < 4.78 is 1.69. The van der Waals surface area contributed by atoms with Gasteiger partial charge in [-0.2, -0.15) is 10.2 Å². The van der Waals surface area contributed by atoms with Crippen LogP contribution < -0.4 is 10.6 Å². The second-order valence-electron chi connectivity index (χ2n) is 10.2. The molecule has 3 heterocycles. The SMILES string of the molecule is Cc1n[nH]c(C)c1-c1ccc(NC(=O)[C@H](NC(=O)c2ccnn2C(C)C)C(C2CC2)C2CC2)nc1. The summed E-state index contributed by atoms with van der Waals surface area (Å²) in [6, 6.07) is 4.87. The molecule has 2 amide bonds. The van der Waals surface area contributed by atoms with Gasteiger partial charge in [0.1, 0.15) is 17.6 Å². The van der Waals surface area contributed by atoms with Gasteiger partial charge in [0.2, 0.25) is 5.91 Å². The molecule has 3 aromatic rings. The van der Waals surface area contributed by atoms with E-state index in [2.05, 4.69) is 30.9 Å². The smallest absolute Gasteiger partial charge is 0.270 e. The average Bonchev–Trinajstić information content (AvgIpc) is 3.76. The monoisotopic (exact) mass is 475 g/mol. The number of carbonyl (C=O) groups excluding carboxylic acids is 2. The van der Waals surface area contributed by atoms with Gasteiger partial charge in [-0.25, -0.2) is 4.98 Å². The van der Waals surface area contributed by atoms with Crippen LogP contribution in [0.5, 0.6) is 0 Å². The normalized spacial score (nSPS) is 16.5. The lowest BCUT2D eigenvalue weighted by Gasteiger charge is -2.27. The van der Waals surface area contributed by atoms with E-state index in [-0.39, 0.29) is 23.8 Å². The summed E-state index contributed by atoms with van der Waals surface area (Å²) in [5.41, 5.74) is 4.30. The maximum absolute atomic E-state index is 13.6. The molecule has 1 atom stereocenters. The summed E-state index contributed by atoms with van der Waals surface area (Å²) in [6.07, 6.45) is 7.82. The number of hydrogen-bond acceptors (Lipinski definition) is 5. The van der Waals surface area contributed by atoms with E-state index < -0.39 is 6.04 Å². The van der Waals surface area contributed by atoms with Gasteiger partial charge in [-0.1, -0.05) is 0 Å². The van der Waals surface area contributed by atoms with Crippen molar-refractivity contribution >= 4 is 17.6 Å². The van der Waals surface area contributed by atoms with Gasteiger partial charge >= 0.3 is 0 Å². The predicted octanol–water partition coefficient (Wildman–Crippen LogP) is 4.04. The highest BCUT2D eigenvalue weighted by molar-refractivity contribution is 6.00. The molecule has 9 heteroatoms. The van der Waals surface area contributed by atoms with E-state index in [9.17, 15) is 9.59 Å². The molecule has 3 aromatic heterocycles. The Kier molecular flexibility index (Phi) is 6.17. The molecule has 9 nitrogen and oxygen atoms in total. The number of amides is 2. The van der Waals surface area contributed by atoms with Crippen LogP contribution in [0, 0.1) is 31.6 Å². The van der Waals surface area contributed by atoms with E-state index in [0.717, 1.165) is 48.2 Å². The number of aryl methyl sites for hydroxylation is 2. The fraction of sp³-hybridized carbons (Fsp3) is 0.500. The highest BCUT2D eigenvalue weighted by Crippen LogP contribution is 2.51. The van der Waals surface area contributed by atoms with Crippen LogP contribution >= 0.6 is 0 Å². The van der Waals surface area contributed by atoms with Crippen molar-refractivity contribution in [3.8, 4) is 11.1 Å². The molecule has 0 radical (unpaired) electrons. The molecular formula is C26H33N7O2. The summed E-state index contributed by atoms with van der Waals surface area (Å²) in [5.74, 6) is 1.09. The summed E-state index contributed by atoms with van der Waals surface area (Å²) in [4.78, 5) is 31.3. The Morgan fingerprint density at radius 1 is 1.09 bits per heavy atom. The summed E-state index contributed by atoms with van der Waals surface area (Å²) in [7, 11) is 0. The number of aromatic amines is 1. The van der Waals surface area contributed by atoms with Crippen molar-refractivity contribution in [1.29, 1.82) is 0 Å². The van der Waals surface area contributed by atoms with Crippen LogP contribution in [0.2, 0.25) is 0 Å². The van der Waals surface area contributed by atoms with E-state index in [4.69, 9.17) is 0 Å². The zero-order valence-corrected chi connectivity index (χ0v) is 20.7. The van der Waals surface area contributed by atoms with E-state index >= 15 is 0 Å². The second kappa shape index (κ2) is 9.28. The molecule has 0 bridgehead atoms. The minimum atomic E-state index is -0.613. The Balaban J connectivity index is 1.36. The first kappa shape index (κ1) is 23.3. The third-order valence-electron chi connectivity index (χ3n) is 7.11. The van der Waals surface area contributed by atoms with Crippen LogP contribution in [0.25, 0.3) is 11.1 Å². The number of pyridine rings is 1. The van der Waals surface area contributed by atoms with E-state index in [1.54, 1.807) is 29.2 Å². The van der Waals surface area contributed by atoms with Crippen molar-refractivity contribution in [1.82, 2.24) is 30.3 Å². The molecule has 2 fully saturated rings. The fourth-order valence-corrected chi connectivity index (χ4v) is 5.14. The first-order valence-corrected chi connectivity index (χ1v) is 12.5. The molecule has 2 aliphatic rings. The lowest BCUT2D eigenvalue weighted by Crippen LogP contribution is -2.50. The molecule has 184 valence electrons. The zero-order chi connectivity index (χ0) is 24.7. The van der Waals surface area contributed by atoms with Gasteiger partial charge in [0.25, 0.3) is 5.91 Å². The second-order valence-corrected chi connectivity index (χ2v) is 10.2. The molecule has 5 rings (SSSR count). The molecule has 0 aliphatic heterocycles. The maximum atomic E-state index is 13.6. The lowest BCUT2D eigenvalue weighted by molar-refractivity contribution is -0.119. The van der Waals surface area contributed by atoms with Crippen molar-refractivity contribution < 1.29 is 9.59 Å². The number of nitrogens with one attached hydrogen (secondary N) is 3. The van der Waals surface area contributed by atoms with Crippen molar-refractivity contribution in [2.24, 2.45) is 17.8 Å². The van der Waals surface area contributed by atoms with Crippen molar-refractivity contribution in [2.45, 2.75) is 65.5 Å². The van der Waals surface area contributed by atoms with Gasteiger partial charge < -0.3 is 10.6 Å². The minimum Gasteiger partial charge on any atom is -0.339 e. The molecule has 2 saturated carbocycles. The highest BCUT2D eigenvalue weighted by Gasteiger charge is 2.48. The number of hydrogen-bond donors (Lipinski definition) is 3. The molecule has 2 aliphatic carbocycles. The molecule has 3 N–H and O–H groups in total. The quantitative estimate of drug-likeness (QED) is 0.432. The number of nitrogens with zero attached hydrogens (tertiary/aromatic N) is 4. The third-order valence-corrected chi connectivity index (χ3v) is 7.11. The number of anilines is 1. The van der Waals surface area contributed by atoms with E-state index in [1.165, 1.54) is 0 Å². The van der Waals surface area contributed by atoms with Gasteiger partial charge in [0, 0.05) is 35.3 Å². The molecule has 0 saturated heterocycles. The highest BCUT2D eigenvalue weighted by atomic mass is 16.2. The van der Waals surface area contributed by atoms with Gasteiger partial charge in [-0.05, 0) is 89.3 Å². The van der Waals surface area contributed by atoms with Crippen LogP contribution in [-0.2, 0) is 4.79 Å². The third kappa shape index (κ3) is 4.85. The minimum absolute atomic E-state index is 0.0471. The Labute approximate surface area is 205 Å². The van der Waals surface area contributed by atoms with Crippen LogP contribution in [0.3, 0.4) is 0 Å². The molecule has 0 spiro atoms. The summed E-state index contributed by atoms with van der Waals surface area (Å²) in [5, 5.41) is 17.6. The molecule has 0 unspecified atom stereocenters. The van der Waals surface area contributed by atoms with Crippen molar-refractivity contribution in [3.05, 3.63) is 47.7 Å². The maximum Gasteiger partial charge on any atom is 0.270 e. The molecule has 0 aromatic carbocycles. The van der Waals surface area contributed by atoms with Gasteiger partial charge in [-0.3, -0.25) is 19.4 Å². The predicted molar refractivity (Wildman–Crippen MR) is 133 cm³/mol. The Hall–Kier alpha value is -3.49. The van der Waals surface area contributed by atoms with E-state index in [0.29, 0.717) is 23.3 Å². The van der Waals surface area contributed by atoms with Gasteiger partial charge in [0.15, 0.2) is 0 Å². The largest absolute Gasteiger partial charge is 0.339 e. The number of carbonyl (C=O) groups is 2. The van der Waals surface area contributed by atoms with E-state index in [1.807, 2.05) is 33.8 Å². The summed E-state index contributed by atoms with van der Waals surface area (Å²) >= 11 is 0. The van der Waals surface area contributed by atoms with Gasteiger partial charge in [0.05, 0.1) is 5.69 Å². The van der Waals surface area contributed by atoms with Crippen LogP contribution in [0.1, 0.15) is 67.4 Å². The number of H-pyrrole nitrogens is 1. The first-order valence-electron chi connectivity index (χ1n) is 12.5. The average molecular weight is 476 g/mol.